The molecule has 2 heterocycles. The highest BCUT2D eigenvalue weighted by Crippen LogP contribution is 2.21. The smallest absolute Gasteiger partial charge is 0.253 e. The summed E-state index contributed by atoms with van der Waals surface area (Å²) in [6, 6.07) is 9.63. The van der Waals surface area contributed by atoms with Crippen molar-refractivity contribution in [2.45, 2.75) is 40.3 Å². The number of aryl methyl sites for hydroxylation is 2. The van der Waals surface area contributed by atoms with Gasteiger partial charge in [-0.15, -0.1) is 0 Å². The molecule has 28 heavy (non-hydrogen) atoms. The third-order valence-corrected chi connectivity index (χ3v) is 4.45. The van der Waals surface area contributed by atoms with E-state index in [4.69, 9.17) is 4.52 Å². The predicted molar refractivity (Wildman–Crippen MR) is 108 cm³/mol. The van der Waals surface area contributed by atoms with E-state index in [1.165, 1.54) is 6.33 Å². The van der Waals surface area contributed by atoms with Crippen molar-refractivity contribution in [3.05, 3.63) is 59.2 Å². The number of carbonyl (C=O) groups excluding carboxylic acids is 1. The van der Waals surface area contributed by atoms with Crippen LogP contribution in [0.4, 0.5) is 5.82 Å². The number of rotatable bonds is 6. The van der Waals surface area contributed by atoms with Gasteiger partial charge in [-0.25, -0.2) is 9.97 Å². The lowest BCUT2D eigenvalue weighted by atomic mass is 10.1. The second kappa shape index (κ2) is 8.21. The number of carbonyl (C=O) groups is 1. The number of nitrogens with zero attached hydrogens (tertiary/aromatic N) is 4. The average molecular weight is 379 g/mol. The molecule has 1 N–H and O–H groups in total. The molecule has 0 fully saturated rings. The highest BCUT2D eigenvalue weighted by Gasteiger charge is 2.17. The summed E-state index contributed by atoms with van der Waals surface area (Å²) in [5.74, 6) is 1.46. The van der Waals surface area contributed by atoms with Gasteiger partial charge in [-0.3, -0.25) is 4.79 Å². The van der Waals surface area contributed by atoms with Gasteiger partial charge in [0, 0.05) is 35.8 Å². The van der Waals surface area contributed by atoms with Crippen molar-refractivity contribution >= 4 is 11.7 Å². The van der Waals surface area contributed by atoms with E-state index < -0.39 is 0 Å². The molecular weight excluding hydrogens is 354 g/mol. The van der Waals surface area contributed by atoms with Gasteiger partial charge >= 0.3 is 0 Å². The summed E-state index contributed by atoms with van der Waals surface area (Å²) in [4.78, 5) is 23.0. The van der Waals surface area contributed by atoms with Gasteiger partial charge in [0.2, 0.25) is 0 Å². The highest BCUT2D eigenvalue weighted by atomic mass is 16.5. The van der Waals surface area contributed by atoms with E-state index in [1.807, 2.05) is 44.2 Å². The van der Waals surface area contributed by atoms with Crippen LogP contribution < -0.4 is 5.32 Å². The fourth-order valence-corrected chi connectivity index (χ4v) is 2.93. The van der Waals surface area contributed by atoms with E-state index in [-0.39, 0.29) is 11.9 Å². The maximum atomic E-state index is 12.8. The summed E-state index contributed by atoms with van der Waals surface area (Å²) in [5, 5.41) is 7.21. The molecule has 7 nitrogen and oxygen atoms in total. The van der Waals surface area contributed by atoms with Crippen molar-refractivity contribution < 1.29 is 9.32 Å². The molecule has 0 atom stereocenters. The molecular formula is C21H25N5O2. The highest BCUT2D eigenvalue weighted by molar-refractivity contribution is 5.94. The Bertz CT molecular complexity index is 944. The number of aromatic nitrogens is 3. The van der Waals surface area contributed by atoms with E-state index in [0.29, 0.717) is 12.1 Å². The minimum absolute atomic E-state index is 0.0589. The molecule has 0 aliphatic heterocycles. The zero-order valence-corrected chi connectivity index (χ0v) is 16.9. The van der Waals surface area contributed by atoms with Crippen LogP contribution >= 0.6 is 0 Å². The number of hydrogen-bond donors (Lipinski definition) is 1. The molecule has 0 aliphatic carbocycles. The molecule has 1 amide bonds. The van der Waals surface area contributed by atoms with Gasteiger partial charge in [0.25, 0.3) is 5.91 Å². The number of benzene rings is 1. The SMILES string of the molecule is Cc1noc(C)c1CN(C)C(=O)c1ccc(-c2cc(NC(C)C)ncn2)cc1. The van der Waals surface area contributed by atoms with Crippen LogP contribution in [0.3, 0.4) is 0 Å². The van der Waals surface area contributed by atoms with E-state index in [0.717, 1.165) is 34.1 Å². The van der Waals surface area contributed by atoms with Crippen LogP contribution in [0.2, 0.25) is 0 Å². The topological polar surface area (TPSA) is 84.2 Å². The van der Waals surface area contributed by atoms with Crippen LogP contribution in [0.1, 0.15) is 41.2 Å². The molecule has 3 aromatic rings. The molecule has 0 aliphatic rings. The number of anilines is 1. The Labute approximate surface area is 164 Å². The first-order valence-corrected chi connectivity index (χ1v) is 9.21. The van der Waals surface area contributed by atoms with Crippen molar-refractivity contribution in [2.75, 3.05) is 12.4 Å². The summed E-state index contributed by atoms with van der Waals surface area (Å²) >= 11 is 0. The Morgan fingerprint density at radius 2 is 1.89 bits per heavy atom. The lowest BCUT2D eigenvalue weighted by Crippen LogP contribution is -2.26. The number of amides is 1. The second-order valence-electron chi connectivity index (χ2n) is 7.13. The lowest BCUT2D eigenvalue weighted by molar-refractivity contribution is 0.0784. The molecule has 7 heteroatoms. The Kier molecular flexibility index (Phi) is 5.73. The minimum Gasteiger partial charge on any atom is -0.368 e. The molecule has 1 aromatic carbocycles. The Hall–Kier alpha value is -3.22. The van der Waals surface area contributed by atoms with Crippen molar-refractivity contribution in [1.82, 2.24) is 20.0 Å². The van der Waals surface area contributed by atoms with E-state index in [2.05, 4.69) is 34.3 Å². The van der Waals surface area contributed by atoms with Gasteiger partial charge in [0.05, 0.1) is 17.9 Å². The molecule has 0 bridgehead atoms. The van der Waals surface area contributed by atoms with E-state index in [1.54, 1.807) is 11.9 Å². The molecule has 0 spiro atoms. The van der Waals surface area contributed by atoms with Crippen molar-refractivity contribution in [3.63, 3.8) is 0 Å². The van der Waals surface area contributed by atoms with E-state index in [9.17, 15) is 4.79 Å². The number of nitrogens with one attached hydrogen (secondary N) is 1. The Morgan fingerprint density at radius 1 is 1.18 bits per heavy atom. The van der Waals surface area contributed by atoms with E-state index >= 15 is 0 Å². The first kappa shape index (κ1) is 19.5. The van der Waals surface area contributed by atoms with Crippen LogP contribution in [0.5, 0.6) is 0 Å². The summed E-state index contributed by atoms with van der Waals surface area (Å²) < 4.78 is 5.17. The normalized spacial score (nSPS) is 10.9. The molecule has 3 rings (SSSR count). The van der Waals surface area contributed by atoms with Crippen LogP contribution in [-0.2, 0) is 6.54 Å². The summed E-state index contributed by atoms with van der Waals surface area (Å²) in [7, 11) is 1.77. The molecule has 0 radical (unpaired) electrons. The standard InChI is InChI=1S/C21H25N5O2/c1-13(2)24-20-10-19(22-12-23-20)16-6-8-17(9-7-16)21(27)26(5)11-18-14(3)25-28-15(18)4/h6-10,12-13H,11H2,1-5H3,(H,22,23,24). The Morgan fingerprint density at radius 3 is 2.50 bits per heavy atom. The third kappa shape index (κ3) is 4.36. The third-order valence-electron chi connectivity index (χ3n) is 4.45. The zero-order valence-electron chi connectivity index (χ0n) is 16.9. The summed E-state index contributed by atoms with van der Waals surface area (Å²) in [6.45, 7) is 8.30. The summed E-state index contributed by atoms with van der Waals surface area (Å²) in [6.07, 6.45) is 1.54. The van der Waals surface area contributed by atoms with Gasteiger partial charge in [0.15, 0.2) is 0 Å². The van der Waals surface area contributed by atoms with Gasteiger partial charge < -0.3 is 14.7 Å². The fraction of sp³-hybridized carbons (Fsp3) is 0.333. The predicted octanol–water partition coefficient (Wildman–Crippen LogP) is 3.84. The summed E-state index contributed by atoms with van der Waals surface area (Å²) in [5.41, 5.74) is 4.11. The first-order chi connectivity index (χ1) is 13.3. The molecule has 2 aromatic heterocycles. The Balaban J connectivity index is 1.74. The molecule has 0 saturated carbocycles. The zero-order chi connectivity index (χ0) is 20.3. The second-order valence-corrected chi connectivity index (χ2v) is 7.13. The molecule has 0 saturated heterocycles. The monoisotopic (exact) mass is 379 g/mol. The minimum atomic E-state index is -0.0589. The van der Waals surface area contributed by atoms with Gasteiger partial charge in [-0.05, 0) is 39.8 Å². The van der Waals surface area contributed by atoms with Crippen molar-refractivity contribution in [2.24, 2.45) is 0 Å². The largest absolute Gasteiger partial charge is 0.368 e. The fourth-order valence-electron chi connectivity index (χ4n) is 2.93. The quantitative estimate of drug-likeness (QED) is 0.700. The number of hydrogen-bond acceptors (Lipinski definition) is 6. The van der Waals surface area contributed by atoms with Gasteiger partial charge in [-0.1, -0.05) is 17.3 Å². The molecule has 146 valence electrons. The van der Waals surface area contributed by atoms with Crippen LogP contribution in [0.15, 0.2) is 41.2 Å². The van der Waals surface area contributed by atoms with Crippen LogP contribution in [0, 0.1) is 13.8 Å². The van der Waals surface area contributed by atoms with Gasteiger partial charge in [0.1, 0.15) is 17.9 Å². The first-order valence-electron chi connectivity index (χ1n) is 9.21. The van der Waals surface area contributed by atoms with Crippen LogP contribution in [0.25, 0.3) is 11.3 Å². The maximum Gasteiger partial charge on any atom is 0.253 e. The lowest BCUT2D eigenvalue weighted by Gasteiger charge is -2.17. The molecule has 0 unspecified atom stereocenters. The average Bonchev–Trinajstić information content (AvgIpc) is 2.99. The van der Waals surface area contributed by atoms with Crippen molar-refractivity contribution in [1.29, 1.82) is 0 Å². The maximum absolute atomic E-state index is 12.8. The van der Waals surface area contributed by atoms with Crippen LogP contribution in [-0.4, -0.2) is 39.0 Å². The van der Waals surface area contributed by atoms with Crippen molar-refractivity contribution in [3.8, 4) is 11.3 Å². The van der Waals surface area contributed by atoms with Gasteiger partial charge in [-0.2, -0.15) is 0 Å².